The van der Waals surface area contributed by atoms with Gasteiger partial charge >= 0.3 is 5.97 Å². The van der Waals surface area contributed by atoms with Crippen LogP contribution >= 0.6 is 0 Å². The van der Waals surface area contributed by atoms with Gasteiger partial charge in [-0.25, -0.2) is 0 Å². The molecule has 2 heterocycles. The summed E-state index contributed by atoms with van der Waals surface area (Å²) in [6, 6.07) is 9.93. The van der Waals surface area contributed by atoms with Crippen LogP contribution in [-0.2, 0) is 16.1 Å². The second-order valence-electron chi connectivity index (χ2n) is 8.60. The van der Waals surface area contributed by atoms with Gasteiger partial charge in [0, 0.05) is 32.7 Å². The van der Waals surface area contributed by atoms with Crippen LogP contribution < -0.4 is 0 Å². The summed E-state index contributed by atoms with van der Waals surface area (Å²) in [5.41, 5.74) is 1.04. The highest BCUT2D eigenvalue weighted by atomic mass is 16.5. The van der Waals surface area contributed by atoms with Crippen molar-refractivity contribution in [3.8, 4) is 0 Å². The van der Waals surface area contributed by atoms with E-state index >= 15 is 0 Å². The summed E-state index contributed by atoms with van der Waals surface area (Å²) in [5.74, 6) is -0.114. The Labute approximate surface area is 182 Å². The van der Waals surface area contributed by atoms with Crippen molar-refractivity contribution in [2.75, 3.05) is 78.5 Å². The quantitative estimate of drug-likeness (QED) is 0.685. The molecule has 0 radical (unpaired) electrons. The Bertz CT molecular complexity index is 612. The first-order valence-electron chi connectivity index (χ1n) is 11.8. The third kappa shape index (κ3) is 8.34. The molecule has 0 aromatic heterocycles. The van der Waals surface area contributed by atoms with E-state index in [2.05, 4.69) is 26.5 Å². The average molecular weight is 417 g/mol. The molecule has 0 spiro atoms. The third-order valence-electron chi connectivity index (χ3n) is 6.35. The normalized spacial score (nSPS) is 25.4. The van der Waals surface area contributed by atoms with E-state index in [4.69, 9.17) is 4.74 Å². The summed E-state index contributed by atoms with van der Waals surface area (Å²) in [7, 11) is 0. The smallest absolute Gasteiger partial charge is 0.320 e. The summed E-state index contributed by atoms with van der Waals surface area (Å²) in [6.07, 6.45) is 3.58. The Kier molecular flexibility index (Phi) is 10.1. The fraction of sp³-hybridized carbons (Fsp3) is 0.708. The molecule has 2 aliphatic heterocycles. The molecule has 6 heteroatoms. The lowest BCUT2D eigenvalue weighted by Crippen LogP contribution is -2.41. The minimum absolute atomic E-state index is 0.114. The van der Waals surface area contributed by atoms with E-state index < -0.39 is 0 Å². The zero-order chi connectivity index (χ0) is 21.0. The number of carbonyl (C=O) groups is 1. The van der Waals surface area contributed by atoms with Crippen molar-refractivity contribution >= 4 is 5.97 Å². The Balaban J connectivity index is 1.54. The lowest BCUT2D eigenvalue weighted by Gasteiger charge is -2.29. The van der Waals surface area contributed by atoms with E-state index in [-0.39, 0.29) is 5.97 Å². The van der Waals surface area contributed by atoms with Gasteiger partial charge in [0.2, 0.25) is 0 Å². The summed E-state index contributed by atoms with van der Waals surface area (Å²) < 4.78 is 5.54. The van der Waals surface area contributed by atoms with E-state index in [1.165, 1.54) is 32.5 Å². The van der Waals surface area contributed by atoms with Crippen molar-refractivity contribution in [2.45, 2.75) is 32.8 Å². The number of rotatable bonds is 5. The van der Waals surface area contributed by atoms with Gasteiger partial charge in [-0.2, -0.15) is 0 Å². The fourth-order valence-electron chi connectivity index (χ4n) is 4.45. The van der Waals surface area contributed by atoms with Crippen LogP contribution in [-0.4, -0.2) is 104 Å². The number of carbonyl (C=O) groups excluding carboxylic acids is 1. The van der Waals surface area contributed by atoms with Crippen LogP contribution in [0, 0.1) is 0 Å². The van der Waals surface area contributed by atoms with Crippen LogP contribution in [0.2, 0.25) is 0 Å². The van der Waals surface area contributed by atoms with Crippen LogP contribution in [0.1, 0.15) is 31.7 Å². The number of likely N-dealkylation sites (N-methyl/N-ethyl adjacent to an activating group) is 1. The van der Waals surface area contributed by atoms with E-state index in [0.717, 1.165) is 64.3 Å². The van der Waals surface area contributed by atoms with Crippen molar-refractivity contribution in [1.82, 2.24) is 19.6 Å². The van der Waals surface area contributed by atoms with Gasteiger partial charge in [-0.3, -0.25) is 9.69 Å². The predicted molar refractivity (Wildman–Crippen MR) is 122 cm³/mol. The molecule has 1 aromatic rings. The van der Waals surface area contributed by atoms with Gasteiger partial charge in [0.25, 0.3) is 0 Å². The first-order valence-corrected chi connectivity index (χ1v) is 11.8. The van der Waals surface area contributed by atoms with Gasteiger partial charge in [0.1, 0.15) is 6.61 Å². The number of esters is 1. The van der Waals surface area contributed by atoms with E-state index in [1.54, 1.807) is 0 Å². The first kappa shape index (κ1) is 23.2. The minimum atomic E-state index is -0.114. The van der Waals surface area contributed by atoms with Gasteiger partial charge in [-0.1, -0.05) is 37.3 Å². The summed E-state index contributed by atoms with van der Waals surface area (Å²) in [6.45, 7) is 15.3. The van der Waals surface area contributed by atoms with Crippen LogP contribution in [0.5, 0.6) is 0 Å². The Morgan fingerprint density at radius 1 is 0.767 bits per heavy atom. The minimum Gasteiger partial charge on any atom is -0.460 e. The van der Waals surface area contributed by atoms with Crippen LogP contribution in [0.3, 0.4) is 0 Å². The maximum atomic E-state index is 12.5. The predicted octanol–water partition coefficient (Wildman–Crippen LogP) is 2.16. The maximum absolute atomic E-state index is 12.5. The van der Waals surface area contributed by atoms with Crippen molar-refractivity contribution < 1.29 is 9.53 Å². The highest BCUT2D eigenvalue weighted by Gasteiger charge is 2.18. The topological polar surface area (TPSA) is 39.3 Å². The summed E-state index contributed by atoms with van der Waals surface area (Å²) in [5, 5.41) is 0. The molecular formula is C24H40N4O2. The number of fused-ring (bicyclic) bond motifs is 4. The molecule has 30 heavy (non-hydrogen) atoms. The molecule has 1 aromatic carbocycles. The number of hydrogen-bond acceptors (Lipinski definition) is 6. The first-order chi connectivity index (χ1) is 14.7. The monoisotopic (exact) mass is 416 g/mol. The highest BCUT2D eigenvalue weighted by molar-refractivity contribution is 5.71. The van der Waals surface area contributed by atoms with Gasteiger partial charge in [-0.05, 0) is 64.1 Å². The van der Waals surface area contributed by atoms with Crippen LogP contribution in [0.25, 0.3) is 0 Å². The van der Waals surface area contributed by atoms with Crippen molar-refractivity contribution in [3.63, 3.8) is 0 Å². The second kappa shape index (κ2) is 13.1. The molecule has 6 nitrogen and oxygen atoms in total. The molecule has 2 saturated heterocycles. The fourth-order valence-corrected chi connectivity index (χ4v) is 4.45. The molecule has 2 atom stereocenters. The molecule has 0 amide bonds. The molecule has 168 valence electrons. The summed E-state index contributed by atoms with van der Waals surface area (Å²) >= 11 is 0. The number of ether oxygens (including phenoxy) is 1. The molecule has 0 aliphatic carbocycles. The Hall–Kier alpha value is -1.47. The molecule has 0 N–H and O–H groups in total. The zero-order valence-corrected chi connectivity index (χ0v) is 18.8. The van der Waals surface area contributed by atoms with Gasteiger partial charge in [0.15, 0.2) is 0 Å². The van der Waals surface area contributed by atoms with Gasteiger partial charge in [-0.15, -0.1) is 0 Å². The van der Waals surface area contributed by atoms with Crippen molar-refractivity contribution in [3.05, 3.63) is 35.9 Å². The standard InChI is InChI=1S/C24H40N4O2/c1-2-25-11-6-12-27-14-7-13-26(18-17-25)15-8-16-28(20-19-27)21-24(29)30-22-23-9-4-3-5-10-23/h3-5,9-10H,2,6-8,11-22H2,1H3. The Morgan fingerprint density at radius 3 is 1.97 bits per heavy atom. The highest BCUT2D eigenvalue weighted by Crippen LogP contribution is 2.07. The second-order valence-corrected chi connectivity index (χ2v) is 8.60. The molecule has 2 unspecified atom stereocenters. The molecular weight excluding hydrogens is 376 g/mol. The molecule has 3 rings (SSSR count). The number of benzene rings is 1. The molecule has 2 bridgehead atoms. The van der Waals surface area contributed by atoms with Crippen molar-refractivity contribution in [2.24, 2.45) is 0 Å². The van der Waals surface area contributed by atoms with Crippen LogP contribution in [0.4, 0.5) is 0 Å². The third-order valence-corrected chi connectivity index (χ3v) is 6.35. The summed E-state index contributed by atoms with van der Waals surface area (Å²) in [4.78, 5) is 22.6. The maximum Gasteiger partial charge on any atom is 0.320 e. The lowest BCUT2D eigenvalue weighted by atomic mass is 10.2. The average Bonchev–Trinajstić information content (AvgIpc) is 2.84. The SMILES string of the molecule is CCN1CCCN2CCCN(CCCN(CC(=O)OCc3ccccc3)CC2)CC1. The molecule has 2 aliphatic rings. The molecule has 2 fully saturated rings. The lowest BCUT2D eigenvalue weighted by molar-refractivity contribution is -0.146. The largest absolute Gasteiger partial charge is 0.460 e. The van der Waals surface area contributed by atoms with E-state index in [1.807, 2.05) is 30.3 Å². The van der Waals surface area contributed by atoms with Gasteiger partial charge < -0.3 is 19.4 Å². The number of hydrogen-bond donors (Lipinski definition) is 0. The van der Waals surface area contributed by atoms with E-state index in [9.17, 15) is 4.79 Å². The molecule has 0 saturated carbocycles. The zero-order valence-electron chi connectivity index (χ0n) is 18.8. The van der Waals surface area contributed by atoms with Crippen LogP contribution in [0.15, 0.2) is 30.3 Å². The van der Waals surface area contributed by atoms with Crippen molar-refractivity contribution in [1.29, 1.82) is 0 Å². The number of nitrogens with zero attached hydrogens (tertiary/aromatic N) is 4. The van der Waals surface area contributed by atoms with E-state index in [0.29, 0.717) is 13.2 Å². The Morgan fingerprint density at radius 2 is 1.33 bits per heavy atom. The van der Waals surface area contributed by atoms with Gasteiger partial charge in [0.05, 0.1) is 6.54 Å².